The number of fused-ring (bicyclic) bond motifs is 1. The highest BCUT2D eigenvalue weighted by Crippen LogP contribution is 2.23. The second kappa shape index (κ2) is 6.76. The lowest BCUT2D eigenvalue weighted by atomic mass is 10.1. The second-order valence-corrected chi connectivity index (χ2v) is 6.13. The minimum atomic E-state index is -0.890. The van der Waals surface area contributed by atoms with Gasteiger partial charge in [-0.05, 0) is 19.1 Å². The van der Waals surface area contributed by atoms with Gasteiger partial charge in [0.2, 0.25) is 5.95 Å². The lowest BCUT2D eigenvalue weighted by Crippen LogP contribution is -2.38. The molecule has 0 radical (unpaired) electrons. The third-order valence-corrected chi connectivity index (χ3v) is 4.38. The first-order chi connectivity index (χ1) is 13.1. The Morgan fingerprint density at radius 2 is 1.74 bits per heavy atom. The molecule has 27 heavy (non-hydrogen) atoms. The molecule has 0 unspecified atom stereocenters. The molecular formula is C18H16N4O5. The molecule has 2 aliphatic heterocycles. The van der Waals surface area contributed by atoms with Gasteiger partial charge in [-0.2, -0.15) is 0 Å². The van der Waals surface area contributed by atoms with Crippen LogP contribution in [0, 0.1) is 6.92 Å². The number of nitrogens with zero attached hydrogens (tertiary/aromatic N) is 4. The standard InChI is InChI=1S/C18H16N4O5/c1-11-10-19-18(21-6-8-26-9-7-21)20-14(11)17(25)27-22-15(23)12-4-2-3-5-13(12)16(22)24/h2-5,10H,6-9H2,1H3. The molecule has 138 valence electrons. The van der Waals surface area contributed by atoms with Crippen molar-refractivity contribution in [3.8, 4) is 0 Å². The van der Waals surface area contributed by atoms with Crippen LogP contribution in [0.5, 0.6) is 0 Å². The summed E-state index contributed by atoms with van der Waals surface area (Å²) in [5.41, 5.74) is 0.879. The van der Waals surface area contributed by atoms with E-state index < -0.39 is 17.8 Å². The molecule has 0 N–H and O–H groups in total. The number of amides is 2. The summed E-state index contributed by atoms with van der Waals surface area (Å²) in [4.78, 5) is 52.8. The van der Waals surface area contributed by atoms with Crippen molar-refractivity contribution < 1.29 is 24.0 Å². The minimum absolute atomic E-state index is 0.00282. The summed E-state index contributed by atoms with van der Waals surface area (Å²) in [5, 5.41) is 0.475. The summed E-state index contributed by atoms with van der Waals surface area (Å²) < 4.78 is 5.30. The van der Waals surface area contributed by atoms with Gasteiger partial charge in [0.15, 0.2) is 5.69 Å². The number of carbonyl (C=O) groups excluding carboxylic acids is 3. The maximum absolute atomic E-state index is 12.6. The Bertz CT molecular complexity index is 904. The first-order valence-corrected chi connectivity index (χ1v) is 8.42. The van der Waals surface area contributed by atoms with E-state index in [-0.39, 0.29) is 16.8 Å². The lowest BCUT2D eigenvalue weighted by molar-refractivity contribution is -0.0589. The summed E-state index contributed by atoms with van der Waals surface area (Å²) in [6.07, 6.45) is 1.51. The van der Waals surface area contributed by atoms with Crippen LogP contribution < -0.4 is 4.90 Å². The van der Waals surface area contributed by atoms with Gasteiger partial charge in [-0.25, -0.2) is 14.8 Å². The zero-order valence-electron chi connectivity index (χ0n) is 14.5. The SMILES string of the molecule is Cc1cnc(N2CCOCC2)nc1C(=O)ON1C(=O)c2ccccc2C1=O. The number of benzene rings is 1. The molecule has 0 spiro atoms. The fourth-order valence-electron chi connectivity index (χ4n) is 2.93. The Morgan fingerprint density at radius 1 is 1.11 bits per heavy atom. The molecule has 2 aliphatic rings. The Labute approximate surface area is 154 Å². The quantitative estimate of drug-likeness (QED) is 0.739. The van der Waals surface area contributed by atoms with Gasteiger partial charge >= 0.3 is 5.97 Å². The normalized spacial score (nSPS) is 16.5. The third-order valence-electron chi connectivity index (χ3n) is 4.38. The van der Waals surface area contributed by atoms with Crippen LogP contribution in [0.15, 0.2) is 30.5 Å². The maximum atomic E-state index is 12.6. The van der Waals surface area contributed by atoms with Crippen molar-refractivity contribution in [2.45, 2.75) is 6.92 Å². The highest BCUT2D eigenvalue weighted by atomic mass is 16.7. The smallest absolute Gasteiger partial charge is 0.378 e. The Hall–Kier alpha value is -3.33. The van der Waals surface area contributed by atoms with Crippen LogP contribution in [-0.4, -0.2) is 59.1 Å². The van der Waals surface area contributed by atoms with Crippen LogP contribution in [0.4, 0.5) is 5.95 Å². The zero-order chi connectivity index (χ0) is 19.0. The topological polar surface area (TPSA) is 102 Å². The van der Waals surface area contributed by atoms with E-state index in [1.165, 1.54) is 18.3 Å². The van der Waals surface area contributed by atoms with Crippen molar-refractivity contribution in [3.05, 3.63) is 52.8 Å². The van der Waals surface area contributed by atoms with Crippen LogP contribution >= 0.6 is 0 Å². The fraction of sp³-hybridized carbons (Fsp3) is 0.278. The van der Waals surface area contributed by atoms with Gasteiger partial charge in [0.05, 0.1) is 24.3 Å². The van der Waals surface area contributed by atoms with Crippen molar-refractivity contribution in [3.63, 3.8) is 0 Å². The number of morpholine rings is 1. The average Bonchev–Trinajstić information content (AvgIpc) is 2.94. The van der Waals surface area contributed by atoms with Gasteiger partial charge in [-0.15, -0.1) is 0 Å². The predicted molar refractivity (Wildman–Crippen MR) is 92.2 cm³/mol. The van der Waals surface area contributed by atoms with E-state index in [1.807, 2.05) is 4.90 Å². The van der Waals surface area contributed by atoms with Crippen LogP contribution in [0.3, 0.4) is 0 Å². The van der Waals surface area contributed by atoms with Gasteiger partial charge < -0.3 is 14.5 Å². The number of hydrogen-bond donors (Lipinski definition) is 0. The van der Waals surface area contributed by atoms with Crippen molar-refractivity contribution in [1.82, 2.24) is 15.0 Å². The lowest BCUT2D eigenvalue weighted by Gasteiger charge is -2.27. The summed E-state index contributed by atoms with van der Waals surface area (Å²) in [6.45, 7) is 3.96. The van der Waals surface area contributed by atoms with E-state index in [0.717, 1.165) is 0 Å². The largest absolute Gasteiger partial charge is 0.382 e. The molecule has 1 saturated heterocycles. The highest BCUT2D eigenvalue weighted by molar-refractivity contribution is 6.21. The minimum Gasteiger partial charge on any atom is -0.378 e. The molecule has 2 amide bonds. The van der Waals surface area contributed by atoms with E-state index in [4.69, 9.17) is 9.57 Å². The number of ether oxygens (including phenoxy) is 1. The molecule has 3 heterocycles. The number of rotatable bonds is 3. The fourth-order valence-corrected chi connectivity index (χ4v) is 2.93. The van der Waals surface area contributed by atoms with Crippen molar-refractivity contribution in [2.75, 3.05) is 31.2 Å². The first kappa shape index (κ1) is 17.1. The molecule has 9 nitrogen and oxygen atoms in total. The van der Waals surface area contributed by atoms with E-state index >= 15 is 0 Å². The molecule has 1 aromatic heterocycles. The zero-order valence-corrected chi connectivity index (χ0v) is 14.5. The van der Waals surface area contributed by atoms with Gasteiger partial charge in [-0.1, -0.05) is 17.2 Å². The van der Waals surface area contributed by atoms with E-state index in [1.54, 1.807) is 19.1 Å². The van der Waals surface area contributed by atoms with E-state index in [0.29, 0.717) is 42.9 Å². The Kier molecular flexibility index (Phi) is 4.28. The van der Waals surface area contributed by atoms with Crippen LogP contribution in [0.25, 0.3) is 0 Å². The number of anilines is 1. The molecule has 2 aromatic rings. The molecule has 0 bridgehead atoms. The van der Waals surface area contributed by atoms with Gasteiger partial charge in [0.1, 0.15) is 0 Å². The highest BCUT2D eigenvalue weighted by Gasteiger charge is 2.39. The number of aromatic nitrogens is 2. The molecule has 9 heteroatoms. The van der Waals surface area contributed by atoms with E-state index in [2.05, 4.69) is 9.97 Å². The summed E-state index contributed by atoms with van der Waals surface area (Å²) in [7, 11) is 0. The molecule has 0 aliphatic carbocycles. The van der Waals surface area contributed by atoms with Crippen molar-refractivity contribution >= 4 is 23.7 Å². The number of carbonyl (C=O) groups is 3. The van der Waals surface area contributed by atoms with Crippen molar-refractivity contribution in [2.24, 2.45) is 0 Å². The Morgan fingerprint density at radius 3 is 2.37 bits per heavy atom. The second-order valence-electron chi connectivity index (χ2n) is 6.13. The summed E-state index contributed by atoms with van der Waals surface area (Å²) in [6, 6.07) is 6.29. The first-order valence-electron chi connectivity index (χ1n) is 8.42. The van der Waals surface area contributed by atoms with E-state index in [9.17, 15) is 14.4 Å². The monoisotopic (exact) mass is 368 g/mol. The number of aryl methyl sites for hydroxylation is 1. The Balaban J connectivity index is 1.57. The molecule has 1 aromatic carbocycles. The summed E-state index contributed by atoms with van der Waals surface area (Å²) >= 11 is 0. The molecular weight excluding hydrogens is 352 g/mol. The maximum Gasteiger partial charge on any atom is 0.382 e. The van der Waals surface area contributed by atoms with Crippen LogP contribution in [0.2, 0.25) is 0 Å². The number of imide groups is 1. The van der Waals surface area contributed by atoms with Gasteiger partial charge in [0.25, 0.3) is 11.8 Å². The third kappa shape index (κ3) is 3.02. The van der Waals surface area contributed by atoms with Crippen LogP contribution in [-0.2, 0) is 9.57 Å². The summed E-state index contributed by atoms with van der Waals surface area (Å²) in [5.74, 6) is -1.87. The van der Waals surface area contributed by atoms with Gasteiger partial charge in [0, 0.05) is 24.8 Å². The molecule has 0 saturated carbocycles. The number of hydroxylamine groups is 2. The van der Waals surface area contributed by atoms with Crippen LogP contribution in [0.1, 0.15) is 36.8 Å². The molecule has 0 atom stereocenters. The molecule has 1 fully saturated rings. The molecule has 4 rings (SSSR count). The van der Waals surface area contributed by atoms with Crippen molar-refractivity contribution in [1.29, 1.82) is 0 Å². The average molecular weight is 368 g/mol. The van der Waals surface area contributed by atoms with Gasteiger partial charge in [-0.3, -0.25) is 9.59 Å². The predicted octanol–water partition coefficient (Wildman–Crippen LogP) is 0.990. The number of hydrogen-bond acceptors (Lipinski definition) is 8.